The van der Waals surface area contributed by atoms with E-state index in [0.29, 0.717) is 21.9 Å². The van der Waals surface area contributed by atoms with Gasteiger partial charge in [-0.25, -0.2) is 9.97 Å². The van der Waals surface area contributed by atoms with Gasteiger partial charge in [0.2, 0.25) is 5.88 Å². The first-order valence-corrected chi connectivity index (χ1v) is 7.08. The van der Waals surface area contributed by atoms with Crippen LogP contribution in [0.15, 0.2) is 29.6 Å². The van der Waals surface area contributed by atoms with E-state index in [1.54, 1.807) is 24.4 Å². The Hall–Kier alpha value is -1.53. The standard InChI is InChI=1S/C12H13ClN4OS/c1-17(2)10-7-11(16-12(15-10)19-3)18-8-4-5-14-9(13)6-8/h4-7H,1-3H3. The van der Waals surface area contributed by atoms with Crippen LogP contribution in [0.5, 0.6) is 11.6 Å². The van der Waals surface area contributed by atoms with Crippen LogP contribution in [0, 0.1) is 0 Å². The smallest absolute Gasteiger partial charge is 0.225 e. The molecule has 0 radical (unpaired) electrons. The van der Waals surface area contributed by atoms with Gasteiger partial charge in [0, 0.05) is 32.4 Å². The van der Waals surface area contributed by atoms with Crippen LogP contribution in [-0.2, 0) is 0 Å². The van der Waals surface area contributed by atoms with E-state index in [2.05, 4.69) is 15.0 Å². The molecule has 0 spiro atoms. The van der Waals surface area contributed by atoms with Gasteiger partial charge in [-0.2, -0.15) is 4.98 Å². The molecule has 7 heteroatoms. The van der Waals surface area contributed by atoms with E-state index in [1.165, 1.54) is 11.8 Å². The summed E-state index contributed by atoms with van der Waals surface area (Å²) < 4.78 is 5.68. The predicted molar refractivity (Wildman–Crippen MR) is 77.5 cm³/mol. The van der Waals surface area contributed by atoms with E-state index in [9.17, 15) is 0 Å². The molecule has 2 rings (SSSR count). The molecule has 0 aliphatic rings. The molecule has 0 aromatic carbocycles. The molecule has 0 aliphatic carbocycles. The lowest BCUT2D eigenvalue weighted by atomic mass is 10.4. The lowest BCUT2D eigenvalue weighted by molar-refractivity contribution is 0.455. The number of hydrogen-bond acceptors (Lipinski definition) is 6. The number of aromatic nitrogens is 3. The molecule has 2 aromatic heterocycles. The molecule has 0 N–H and O–H groups in total. The molecule has 0 saturated carbocycles. The van der Waals surface area contributed by atoms with Gasteiger partial charge in [0.25, 0.3) is 0 Å². The van der Waals surface area contributed by atoms with Crippen LogP contribution < -0.4 is 9.64 Å². The van der Waals surface area contributed by atoms with E-state index < -0.39 is 0 Å². The number of thioether (sulfide) groups is 1. The van der Waals surface area contributed by atoms with Gasteiger partial charge in [-0.1, -0.05) is 23.4 Å². The number of rotatable bonds is 4. The molecule has 5 nitrogen and oxygen atoms in total. The molecule has 19 heavy (non-hydrogen) atoms. The lowest BCUT2D eigenvalue weighted by Crippen LogP contribution is -2.11. The summed E-state index contributed by atoms with van der Waals surface area (Å²) in [6.45, 7) is 0. The van der Waals surface area contributed by atoms with Gasteiger partial charge in [-0.3, -0.25) is 0 Å². The molecule has 2 heterocycles. The summed E-state index contributed by atoms with van der Waals surface area (Å²) in [7, 11) is 3.83. The molecule has 0 unspecified atom stereocenters. The van der Waals surface area contributed by atoms with Gasteiger partial charge < -0.3 is 9.64 Å². The Balaban J connectivity index is 2.31. The van der Waals surface area contributed by atoms with Crippen molar-refractivity contribution < 1.29 is 4.74 Å². The van der Waals surface area contributed by atoms with Gasteiger partial charge in [-0.05, 0) is 12.3 Å². The number of hydrogen-bond donors (Lipinski definition) is 0. The Morgan fingerprint density at radius 2 is 2.05 bits per heavy atom. The minimum Gasteiger partial charge on any atom is -0.439 e. The van der Waals surface area contributed by atoms with Crippen molar-refractivity contribution in [3.63, 3.8) is 0 Å². The first-order valence-electron chi connectivity index (χ1n) is 5.48. The predicted octanol–water partition coefficient (Wildman–Crippen LogP) is 3.11. The number of ether oxygens (including phenoxy) is 1. The van der Waals surface area contributed by atoms with Crippen molar-refractivity contribution in [3.05, 3.63) is 29.5 Å². The Morgan fingerprint density at radius 1 is 1.26 bits per heavy atom. The molecule has 0 amide bonds. The normalized spacial score (nSPS) is 10.3. The number of nitrogens with zero attached hydrogens (tertiary/aromatic N) is 4. The van der Waals surface area contributed by atoms with Crippen molar-refractivity contribution in [2.45, 2.75) is 5.16 Å². The molecule has 0 saturated heterocycles. The zero-order valence-corrected chi connectivity index (χ0v) is 12.4. The maximum Gasteiger partial charge on any atom is 0.225 e. The molecule has 0 bridgehead atoms. The summed E-state index contributed by atoms with van der Waals surface area (Å²) in [5.41, 5.74) is 0. The highest BCUT2D eigenvalue weighted by atomic mass is 35.5. The number of halogens is 1. The lowest BCUT2D eigenvalue weighted by Gasteiger charge is -2.13. The van der Waals surface area contributed by atoms with Crippen molar-refractivity contribution in [1.82, 2.24) is 15.0 Å². The second-order valence-electron chi connectivity index (χ2n) is 3.86. The zero-order valence-electron chi connectivity index (χ0n) is 10.8. The monoisotopic (exact) mass is 296 g/mol. The molecule has 100 valence electrons. The van der Waals surface area contributed by atoms with Crippen molar-refractivity contribution in [2.24, 2.45) is 0 Å². The van der Waals surface area contributed by atoms with Crippen LogP contribution >= 0.6 is 23.4 Å². The molecule has 0 aliphatic heterocycles. The summed E-state index contributed by atoms with van der Waals surface area (Å²) in [5, 5.41) is 1.03. The topological polar surface area (TPSA) is 51.1 Å². The summed E-state index contributed by atoms with van der Waals surface area (Å²) in [5.74, 6) is 1.86. The Morgan fingerprint density at radius 3 is 2.68 bits per heavy atom. The van der Waals surface area contributed by atoms with Gasteiger partial charge in [0.1, 0.15) is 16.7 Å². The van der Waals surface area contributed by atoms with Crippen LogP contribution in [0.2, 0.25) is 5.15 Å². The van der Waals surface area contributed by atoms with Crippen LogP contribution in [0.1, 0.15) is 0 Å². The third-order valence-corrected chi connectivity index (χ3v) is 2.98. The minimum absolute atomic E-state index is 0.379. The van der Waals surface area contributed by atoms with Crippen LogP contribution in [0.25, 0.3) is 0 Å². The summed E-state index contributed by atoms with van der Waals surface area (Å²) in [6, 6.07) is 5.13. The fraction of sp³-hybridized carbons (Fsp3) is 0.250. The fourth-order valence-corrected chi connectivity index (χ4v) is 1.86. The average Bonchev–Trinajstić information content (AvgIpc) is 2.38. The number of pyridine rings is 1. The molecule has 0 atom stereocenters. The van der Waals surface area contributed by atoms with Crippen LogP contribution in [0.4, 0.5) is 5.82 Å². The second kappa shape index (κ2) is 6.08. The molecular weight excluding hydrogens is 284 g/mol. The number of anilines is 1. The Kier molecular flexibility index (Phi) is 4.44. The van der Waals surface area contributed by atoms with Crippen molar-refractivity contribution in [2.75, 3.05) is 25.3 Å². The van der Waals surface area contributed by atoms with E-state index in [1.807, 2.05) is 25.3 Å². The third-order valence-electron chi connectivity index (χ3n) is 2.23. The summed E-state index contributed by atoms with van der Waals surface area (Å²) in [4.78, 5) is 14.5. The quantitative estimate of drug-likeness (QED) is 0.491. The van der Waals surface area contributed by atoms with Gasteiger partial charge in [-0.15, -0.1) is 0 Å². The zero-order chi connectivity index (χ0) is 13.8. The minimum atomic E-state index is 0.379. The van der Waals surface area contributed by atoms with Gasteiger partial charge in [0.15, 0.2) is 5.16 Å². The van der Waals surface area contributed by atoms with Crippen molar-refractivity contribution >= 4 is 29.2 Å². The third kappa shape index (κ3) is 3.71. The Bertz CT molecular complexity index is 579. The Labute approximate surface area is 121 Å². The maximum atomic E-state index is 5.82. The van der Waals surface area contributed by atoms with E-state index in [0.717, 1.165) is 5.82 Å². The highest BCUT2D eigenvalue weighted by molar-refractivity contribution is 7.98. The molecular formula is C12H13ClN4OS. The highest BCUT2D eigenvalue weighted by Crippen LogP contribution is 2.25. The van der Waals surface area contributed by atoms with Gasteiger partial charge >= 0.3 is 0 Å². The average molecular weight is 297 g/mol. The molecule has 2 aromatic rings. The molecule has 0 fully saturated rings. The summed E-state index contributed by atoms with van der Waals surface area (Å²) in [6.07, 6.45) is 3.50. The maximum absolute atomic E-state index is 5.82. The SMILES string of the molecule is CSc1nc(Oc2ccnc(Cl)c2)cc(N(C)C)n1. The second-order valence-corrected chi connectivity index (χ2v) is 5.02. The van der Waals surface area contributed by atoms with Crippen molar-refractivity contribution in [1.29, 1.82) is 0 Å². The van der Waals surface area contributed by atoms with Gasteiger partial charge in [0.05, 0.1) is 0 Å². The van der Waals surface area contributed by atoms with Crippen LogP contribution in [-0.4, -0.2) is 35.3 Å². The van der Waals surface area contributed by atoms with E-state index >= 15 is 0 Å². The highest BCUT2D eigenvalue weighted by Gasteiger charge is 2.08. The van der Waals surface area contributed by atoms with E-state index in [4.69, 9.17) is 16.3 Å². The van der Waals surface area contributed by atoms with Crippen molar-refractivity contribution in [3.8, 4) is 11.6 Å². The first-order chi connectivity index (χ1) is 9.08. The van der Waals surface area contributed by atoms with E-state index in [-0.39, 0.29) is 0 Å². The fourth-order valence-electron chi connectivity index (χ4n) is 1.33. The summed E-state index contributed by atoms with van der Waals surface area (Å²) >= 11 is 7.28. The van der Waals surface area contributed by atoms with Crippen LogP contribution in [0.3, 0.4) is 0 Å². The largest absolute Gasteiger partial charge is 0.439 e. The first kappa shape index (κ1) is 13.9.